The highest BCUT2D eigenvalue weighted by Gasteiger charge is 2.14. The molecule has 1 atom stereocenters. The van der Waals surface area contributed by atoms with Gasteiger partial charge in [0.25, 0.3) is 5.69 Å². The van der Waals surface area contributed by atoms with Crippen molar-refractivity contribution < 1.29 is 18.1 Å². The fourth-order valence-corrected chi connectivity index (χ4v) is 2.84. The number of rotatable bonds is 7. The van der Waals surface area contributed by atoms with Gasteiger partial charge >= 0.3 is 0 Å². The van der Waals surface area contributed by atoms with Crippen molar-refractivity contribution in [3.63, 3.8) is 0 Å². The van der Waals surface area contributed by atoms with Crippen molar-refractivity contribution in [2.75, 3.05) is 19.1 Å². The van der Waals surface area contributed by atoms with Crippen molar-refractivity contribution in [2.24, 2.45) is 0 Å². The van der Waals surface area contributed by atoms with E-state index in [1.54, 1.807) is 6.92 Å². The lowest BCUT2D eigenvalue weighted by Crippen LogP contribution is -2.32. The summed E-state index contributed by atoms with van der Waals surface area (Å²) in [5, 5.41) is 13.8. The van der Waals surface area contributed by atoms with E-state index in [9.17, 15) is 18.5 Å². The Kier molecular flexibility index (Phi) is 5.46. The molecular weight excluding hydrogens is 284 g/mol. The van der Waals surface area contributed by atoms with Crippen LogP contribution in [0.1, 0.15) is 12.5 Å². The summed E-state index contributed by atoms with van der Waals surface area (Å²) < 4.78 is 27.5. The van der Waals surface area contributed by atoms with Gasteiger partial charge in [0, 0.05) is 36.5 Å². The third-order valence-electron chi connectivity index (χ3n) is 2.67. The van der Waals surface area contributed by atoms with Gasteiger partial charge in [-0.3, -0.25) is 10.1 Å². The molecule has 0 saturated heterocycles. The van der Waals surface area contributed by atoms with Crippen LogP contribution in [0, 0.1) is 10.1 Å². The molecule has 0 spiro atoms. The molecule has 0 heterocycles. The SMILES string of the molecule is COc1ccc([N+](=O)[O-])cc1CNC(C)CS(C)(=O)=O. The Morgan fingerprint density at radius 2 is 2.10 bits per heavy atom. The molecule has 0 saturated carbocycles. The number of nitrogens with zero attached hydrogens (tertiary/aromatic N) is 1. The number of nitrogens with one attached hydrogen (secondary N) is 1. The number of benzene rings is 1. The van der Waals surface area contributed by atoms with Crippen molar-refractivity contribution in [2.45, 2.75) is 19.5 Å². The van der Waals surface area contributed by atoms with Gasteiger partial charge in [0.2, 0.25) is 0 Å². The fourth-order valence-electron chi connectivity index (χ4n) is 1.81. The van der Waals surface area contributed by atoms with E-state index in [1.807, 2.05) is 0 Å². The molecule has 0 bridgehead atoms. The summed E-state index contributed by atoms with van der Waals surface area (Å²) >= 11 is 0. The van der Waals surface area contributed by atoms with E-state index in [2.05, 4.69) is 5.32 Å². The number of nitro benzene ring substituents is 1. The van der Waals surface area contributed by atoms with Crippen molar-refractivity contribution in [1.29, 1.82) is 0 Å². The smallest absolute Gasteiger partial charge is 0.270 e. The molecule has 7 nitrogen and oxygen atoms in total. The van der Waals surface area contributed by atoms with Gasteiger partial charge in [-0.1, -0.05) is 0 Å². The zero-order valence-electron chi connectivity index (χ0n) is 11.6. The molecule has 1 N–H and O–H groups in total. The molecule has 0 aliphatic rings. The highest BCUT2D eigenvalue weighted by molar-refractivity contribution is 7.90. The number of hydrogen-bond donors (Lipinski definition) is 1. The van der Waals surface area contributed by atoms with Crippen LogP contribution in [-0.4, -0.2) is 38.5 Å². The molecule has 0 aliphatic carbocycles. The lowest BCUT2D eigenvalue weighted by atomic mass is 10.1. The van der Waals surface area contributed by atoms with E-state index in [0.717, 1.165) is 0 Å². The Morgan fingerprint density at radius 3 is 2.60 bits per heavy atom. The van der Waals surface area contributed by atoms with Crippen LogP contribution in [0.4, 0.5) is 5.69 Å². The van der Waals surface area contributed by atoms with Gasteiger partial charge in [0.1, 0.15) is 15.6 Å². The maximum atomic E-state index is 11.2. The predicted molar refractivity (Wildman–Crippen MR) is 75.7 cm³/mol. The zero-order chi connectivity index (χ0) is 15.3. The first-order valence-corrected chi connectivity index (χ1v) is 8.01. The third kappa shape index (κ3) is 5.14. The third-order valence-corrected chi connectivity index (χ3v) is 3.77. The second-order valence-electron chi connectivity index (χ2n) is 4.63. The summed E-state index contributed by atoms with van der Waals surface area (Å²) in [5.41, 5.74) is 0.584. The first-order chi connectivity index (χ1) is 9.23. The van der Waals surface area contributed by atoms with Crippen molar-refractivity contribution in [3.05, 3.63) is 33.9 Å². The van der Waals surface area contributed by atoms with Crippen LogP contribution in [0.5, 0.6) is 5.75 Å². The van der Waals surface area contributed by atoms with Gasteiger partial charge in [-0.05, 0) is 13.0 Å². The molecule has 1 aromatic carbocycles. The molecule has 0 radical (unpaired) electrons. The first kappa shape index (κ1) is 16.4. The lowest BCUT2D eigenvalue weighted by Gasteiger charge is -2.14. The second-order valence-corrected chi connectivity index (χ2v) is 6.81. The number of nitro groups is 1. The van der Waals surface area contributed by atoms with Crippen LogP contribution >= 0.6 is 0 Å². The molecule has 20 heavy (non-hydrogen) atoms. The minimum Gasteiger partial charge on any atom is -0.496 e. The summed E-state index contributed by atoms with van der Waals surface area (Å²) in [7, 11) is -1.59. The van der Waals surface area contributed by atoms with E-state index in [-0.39, 0.29) is 17.5 Å². The molecule has 112 valence electrons. The Labute approximate surface area is 118 Å². The number of hydrogen-bond acceptors (Lipinski definition) is 6. The van der Waals surface area contributed by atoms with Gasteiger partial charge in [-0.25, -0.2) is 8.42 Å². The average molecular weight is 302 g/mol. The minimum absolute atomic E-state index is 0.00421. The average Bonchev–Trinajstić information content (AvgIpc) is 2.33. The van der Waals surface area contributed by atoms with Crippen LogP contribution < -0.4 is 10.1 Å². The van der Waals surface area contributed by atoms with Gasteiger partial charge < -0.3 is 10.1 Å². The second kappa shape index (κ2) is 6.67. The van der Waals surface area contributed by atoms with Crippen molar-refractivity contribution >= 4 is 15.5 Å². The Hall–Kier alpha value is -1.67. The fraction of sp³-hybridized carbons (Fsp3) is 0.500. The normalized spacial score (nSPS) is 12.9. The van der Waals surface area contributed by atoms with Gasteiger partial charge in [0.15, 0.2) is 0 Å². The highest BCUT2D eigenvalue weighted by Crippen LogP contribution is 2.23. The highest BCUT2D eigenvalue weighted by atomic mass is 32.2. The molecular formula is C12H18N2O5S. The molecule has 0 aromatic heterocycles. The quantitative estimate of drug-likeness (QED) is 0.599. The van der Waals surface area contributed by atoms with Crippen LogP contribution in [0.3, 0.4) is 0 Å². The van der Waals surface area contributed by atoms with E-state index >= 15 is 0 Å². The molecule has 0 aliphatic heterocycles. The molecule has 0 fully saturated rings. The first-order valence-electron chi connectivity index (χ1n) is 5.95. The van der Waals surface area contributed by atoms with Crippen molar-refractivity contribution in [1.82, 2.24) is 5.32 Å². The summed E-state index contributed by atoms with van der Waals surface area (Å²) in [6.45, 7) is 2.03. The minimum atomic E-state index is -3.07. The maximum Gasteiger partial charge on any atom is 0.270 e. The van der Waals surface area contributed by atoms with Gasteiger partial charge in [0.05, 0.1) is 17.8 Å². The number of ether oxygens (including phenoxy) is 1. The van der Waals surface area contributed by atoms with Gasteiger partial charge in [-0.15, -0.1) is 0 Å². The molecule has 1 aromatic rings. The summed E-state index contributed by atoms with van der Waals surface area (Å²) in [5.74, 6) is 0.527. The van der Waals surface area contributed by atoms with Gasteiger partial charge in [-0.2, -0.15) is 0 Å². The van der Waals surface area contributed by atoms with E-state index in [4.69, 9.17) is 4.74 Å². The summed E-state index contributed by atoms with van der Waals surface area (Å²) in [6.07, 6.45) is 1.17. The molecule has 1 unspecified atom stereocenters. The lowest BCUT2D eigenvalue weighted by molar-refractivity contribution is -0.384. The summed E-state index contributed by atoms with van der Waals surface area (Å²) in [4.78, 5) is 10.3. The number of sulfone groups is 1. The standard InChI is InChI=1S/C12H18N2O5S/c1-9(8-20(3,17)18)13-7-10-6-11(14(15)16)4-5-12(10)19-2/h4-6,9,13H,7-8H2,1-3H3. The topological polar surface area (TPSA) is 98.5 Å². The molecule has 8 heteroatoms. The van der Waals surface area contributed by atoms with Crippen molar-refractivity contribution in [3.8, 4) is 5.75 Å². The van der Waals surface area contributed by atoms with Crippen LogP contribution in [0.15, 0.2) is 18.2 Å². The molecule has 0 amide bonds. The number of non-ortho nitro benzene ring substituents is 1. The molecule has 1 rings (SSSR count). The van der Waals surface area contributed by atoms with Crippen LogP contribution in [0.25, 0.3) is 0 Å². The summed E-state index contributed by atoms with van der Waals surface area (Å²) in [6, 6.07) is 4.05. The van der Waals surface area contributed by atoms with E-state index < -0.39 is 14.8 Å². The Bertz CT molecular complexity index is 586. The predicted octanol–water partition coefficient (Wildman–Crippen LogP) is 1.13. The van der Waals surface area contributed by atoms with E-state index in [1.165, 1.54) is 31.6 Å². The largest absolute Gasteiger partial charge is 0.496 e. The van der Waals surface area contributed by atoms with Crippen LogP contribution in [-0.2, 0) is 16.4 Å². The van der Waals surface area contributed by atoms with E-state index in [0.29, 0.717) is 17.9 Å². The zero-order valence-corrected chi connectivity index (χ0v) is 12.4. The number of methoxy groups -OCH3 is 1. The van der Waals surface area contributed by atoms with Crippen LogP contribution in [0.2, 0.25) is 0 Å². The Balaban J connectivity index is 2.80. The monoisotopic (exact) mass is 302 g/mol. The Morgan fingerprint density at radius 1 is 1.45 bits per heavy atom. The maximum absolute atomic E-state index is 11.2.